The van der Waals surface area contributed by atoms with Crippen molar-refractivity contribution in [3.05, 3.63) is 47.5 Å². The highest BCUT2D eigenvalue weighted by Crippen LogP contribution is 2.21. The number of aliphatic hydroxyl groups is 1. The Morgan fingerprint density at radius 1 is 1.35 bits per heavy atom. The molecule has 26 heavy (non-hydrogen) atoms. The summed E-state index contributed by atoms with van der Waals surface area (Å²) in [5.41, 5.74) is 1.59. The number of carbonyl (C=O) groups is 2. The van der Waals surface area contributed by atoms with Crippen LogP contribution in [-0.4, -0.2) is 47.7 Å². The minimum absolute atomic E-state index is 0.0543. The van der Waals surface area contributed by atoms with E-state index in [0.717, 1.165) is 24.8 Å². The summed E-state index contributed by atoms with van der Waals surface area (Å²) < 4.78 is 4.70. The van der Waals surface area contributed by atoms with Gasteiger partial charge in [-0.2, -0.15) is 0 Å². The zero-order valence-electron chi connectivity index (χ0n) is 15.9. The van der Waals surface area contributed by atoms with Crippen LogP contribution in [0.1, 0.15) is 49.0 Å². The number of hydrogen-bond acceptors (Lipinski definition) is 4. The standard InChI is InChI=1S/C21H29NO4/c1-15(2)14-19(23)10-8-18-9-11-20(24)22(18)13-12-16-4-6-17(7-5-16)21(25)26-3/h4-8,10,15,18-19,23H,9,11-14H2,1-3H3. The number of benzene rings is 1. The quantitative estimate of drug-likeness (QED) is 0.572. The van der Waals surface area contributed by atoms with Crippen LogP contribution in [0.4, 0.5) is 0 Å². The molecule has 142 valence electrons. The number of hydrogen-bond donors (Lipinski definition) is 1. The van der Waals surface area contributed by atoms with Crippen molar-refractivity contribution in [2.24, 2.45) is 5.92 Å². The largest absolute Gasteiger partial charge is 0.465 e. The first-order valence-corrected chi connectivity index (χ1v) is 9.23. The van der Waals surface area contributed by atoms with Crippen LogP contribution in [0, 0.1) is 5.92 Å². The monoisotopic (exact) mass is 359 g/mol. The second kappa shape index (κ2) is 9.53. The molecule has 1 saturated heterocycles. The molecule has 0 saturated carbocycles. The van der Waals surface area contributed by atoms with Crippen molar-refractivity contribution in [1.82, 2.24) is 4.90 Å². The lowest BCUT2D eigenvalue weighted by Crippen LogP contribution is -2.33. The third kappa shape index (κ3) is 5.70. The molecule has 0 spiro atoms. The van der Waals surface area contributed by atoms with Gasteiger partial charge in [-0.15, -0.1) is 0 Å². The number of ether oxygens (including phenoxy) is 1. The van der Waals surface area contributed by atoms with Gasteiger partial charge in [-0.25, -0.2) is 4.79 Å². The van der Waals surface area contributed by atoms with E-state index in [0.29, 0.717) is 24.4 Å². The molecule has 0 aromatic heterocycles. The molecule has 1 amide bonds. The number of likely N-dealkylation sites (tertiary alicyclic amines) is 1. The first kappa shape index (κ1) is 20.2. The second-order valence-corrected chi connectivity index (χ2v) is 7.21. The van der Waals surface area contributed by atoms with E-state index in [2.05, 4.69) is 13.8 Å². The van der Waals surface area contributed by atoms with Crippen molar-refractivity contribution in [2.45, 2.75) is 51.7 Å². The minimum atomic E-state index is -0.460. The Balaban J connectivity index is 1.92. The van der Waals surface area contributed by atoms with Gasteiger partial charge in [0, 0.05) is 13.0 Å². The summed E-state index contributed by atoms with van der Waals surface area (Å²) in [6.07, 6.45) is 6.13. The Hall–Kier alpha value is -2.14. The first-order valence-electron chi connectivity index (χ1n) is 9.23. The molecule has 1 aliphatic heterocycles. The molecule has 1 heterocycles. The van der Waals surface area contributed by atoms with E-state index in [-0.39, 0.29) is 17.9 Å². The van der Waals surface area contributed by atoms with Crippen molar-refractivity contribution in [3.8, 4) is 0 Å². The molecule has 0 aliphatic carbocycles. The van der Waals surface area contributed by atoms with Gasteiger partial charge in [-0.3, -0.25) is 4.79 Å². The van der Waals surface area contributed by atoms with Crippen LogP contribution >= 0.6 is 0 Å². The van der Waals surface area contributed by atoms with Gasteiger partial charge < -0.3 is 14.7 Å². The summed E-state index contributed by atoms with van der Waals surface area (Å²) in [5, 5.41) is 10.0. The number of nitrogens with zero attached hydrogens (tertiary/aromatic N) is 1. The van der Waals surface area contributed by atoms with Gasteiger partial charge in [-0.1, -0.05) is 38.1 Å². The van der Waals surface area contributed by atoms with Crippen molar-refractivity contribution in [3.63, 3.8) is 0 Å². The predicted molar refractivity (Wildman–Crippen MR) is 101 cm³/mol. The molecule has 1 N–H and O–H groups in total. The topological polar surface area (TPSA) is 66.8 Å². The second-order valence-electron chi connectivity index (χ2n) is 7.21. The average molecular weight is 359 g/mol. The normalized spacial score (nSPS) is 18.7. The van der Waals surface area contributed by atoms with Gasteiger partial charge in [0.05, 0.1) is 24.8 Å². The predicted octanol–water partition coefficient (Wildman–Crippen LogP) is 2.97. The fourth-order valence-electron chi connectivity index (χ4n) is 3.24. The SMILES string of the molecule is COC(=O)c1ccc(CCN2C(=O)CCC2C=CC(O)CC(C)C)cc1. The summed E-state index contributed by atoms with van der Waals surface area (Å²) in [6.45, 7) is 4.79. The summed E-state index contributed by atoms with van der Waals surface area (Å²) in [7, 11) is 1.36. The van der Waals surface area contributed by atoms with Gasteiger partial charge in [0.25, 0.3) is 0 Å². The molecule has 5 heteroatoms. The molecule has 2 rings (SSSR count). The lowest BCUT2D eigenvalue weighted by atomic mass is 10.0. The maximum Gasteiger partial charge on any atom is 0.337 e. The average Bonchev–Trinajstić information content (AvgIpc) is 2.97. The van der Waals surface area contributed by atoms with Crippen LogP contribution in [0.25, 0.3) is 0 Å². The first-order chi connectivity index (χ1) is 12.4. The third-order valence-corrected chi connectivity index (χ3v) is 4.66. The Bertz CT molecular complexity index is 636. The fourth-order valence-corrected chi connectivity index (χ4v) is 3.24. The number of carbonyl (C=O) groups excluding carboxylic acids is 2. The Morgan fingerprint density at radius 3 is 2.65 bits per heavy atom. The third-order valence-electron chi connectivity index (χ3n) is 4.66. The van der Waals surface area contributed by atoms with Crippen LogP contribution < -0.4 is 0 Å². The van der Waals surface area contributed by atoms with Crippen LogP contribution in [-0.2, 0) is 16.0 Å². The lowest BCUT2D eigenvalue weighted by molar-refractivity contribution is -0.128. The van der Waals surface area contributed by atoms with E-state index in [1.165, 1.54) is 7.11 Å². The molecule has 1 aliphatic rings. The Kier molecular flexibility index (Phi) is 7.39. The van der Waals surface area contributed by atoms with E-state index in [1.54, 1.807) is 12.1 Å². The summed E-state index contributed by atoms with van der Waals surface area (Å²) in [6, 6.07) is 7.33. The highest BCUT2D eigenvalue weighted by atomic mass is 16.5. The number of esters is 1. The van der Waals surface area contributed by atoms with Gasteiger partial charge >= 0.3 is 5.97 Å². The van der Waals surface area contributed by atoms with Crippen LogP contribution in [0.5, 0.6) is 0 Å². The molecular formula is C21H29NO4. The highest BCUT2D eigenvalue weighted by Gasteiger charge is 2.28. The van der Waals surface area contributed by atoms with E-state index in [9.17, 15) is 14.7 Å². The van der Waals surface area contributed by atoms with Crippen LogP contribution in [0.2, 0.25) is 0 Å². The molecular weight excluding hydrogens is 330 g/mol. The number of aliphatic hydroxyl groups excluding tert-OH is 1. The van der Waals surface area contributed by atoms with E-state index >= 15 is 0 Å². The van der Waals surface area contributed by atoms with Crippen molar-refractivity contribution < 1.29 is 19.4 Å². The van der Waals surface area contributed by atoms with Crippen molar-refractivity contribution in [1.29, 1.82) is 0 Å². The maximum absolute atomic E-state index is 12.2. The highest BCUT2D eigenvalue weighted by molar-refractivity contribution is 5.89. The van der Waals surface area contributed by atoms with E-state index in [1.807, 2.05) is 29.2 Å². The summed E-state index contributed by atoms with van der Waals surface area (Å²) >= 11 is 0. The molecule has 1 aromatic rings. The molecule has 1 fully saturated rings. The molecule has 2 atom stereocenters. The van der Waals surface area contributed by atoms with Crippen molar-refractivity contribution >= 4 is 11.9 Å². The summed E-state index contributed by atoms with van der Waals surface area (Å²) in [4.78, 5) is 25.5. The zero-order chi connectivity index (χ0) is 19.1. The molecule has 1 aromatic carbocycles. The zero-order valence-corrected chi connectivity index (χ0v) is 15.9. The van der Waals surface area contributed by atoms with Crippen LogP contribution in [0.3, 0.4) is 0 Å². The van der Waals surface area contributed by atoms with Gasteiger partial charge in [0.15, 0.2) is 0 Å². The minimum Gasteiger partial charge on any atom is -0.465 e. The smallest absolute Gasteiger partial charge is 0.337 e. The number of rotatable bonds is 8. The Morgan fingerprint density at radius 2 is 2.04 bits per heavy atom. The van der Waals surface area contributed by atoms with Crippen LogP contribution in [0.15, 0.2) is 36.4 Å². The van der Waals surface area contributed by atoms with Gasteiger partial charge in [0.1, 0.15) is 0 Å². The molecule has 0 bridgehead atoms. The van der Waals surface area contributed by atoms with Crippen molar-refractivity contribution in [2.75, 3.05) is 13.7 Å². The lowest BCUT2D eigenvalue weighted by Gasteiger charge is -2.23. The number of methoxy groups -OCH3 is 1. The molecule has 0 radical (unpaired) electrons. The molecule has 5 nitrogen and oxygen atoms in total. The maximum atomic E-state index is 12.2. The molecule has 2 unspecified atom stereocenters. The van der Waals surface area contributed by atoms with Gasteiger partial charge in [-0.05, 0) is 42.9 Å². The fraction of sp³-hybridized carbons (Fsp3) is 0.524. The number of amides is 1. The Labute approximate surface area is 155 Å². The van der Waals surface area contributed by atoms with E-state index < -0.39 is 6.10 Å². The van der Waals surface area contributed by atoms with E-state index in [4.69, 9.17) is 4.74 Å². The summed E-state index contributed by atoms with van der Waals surface area (Å²) in [5.74, 6) is 0.240. The van der Waals surface area contributed by atoms with Gasteiger partial charge in [0.2, 0.25) is 5.91 Å².